The van der Waals surface area contributed by atoms with Crippen molar-refractivity contribution in [3.8, 4) is 0 Å². The molecular formula is C22H25Cl2N7O2. The summed E-state index contributed by atoms with van der Waals surface area (Å²) in [6, 6.07) is 12.8. The van der Waals surface area contributed by atoms with Crippen molar-refractivity contribution < 1.29 is 0 Å². The van der Waals surface area contributed by atoms with Crippen molar-refractivity contribution in [2.45, 2.75) is 26.4 Å². The Balaban J connectivity index is 2.00. The van der Waals surface area contributed by atoms with Gasteiger partial charge in [-0.3, -0.25) is 9.56 Å². The molecule has 174 valence electrons. The minimum absolute atomic E-state index is 0.0198. The number of guanidine groups is 1. The molecule has 0 amide bonds. The zero-order valence-electron chi connectivity index (χ0n) is 18.1. The second kappa shape index (κ2) is 11.0. The number of nitrogens with zero attached hydrogens (tertiary/aromatic N) is 4. The molecule has 3 aromatic rings. The van der Waals surface area contributed by atoms with Gasteiger partial charge in [0.05, 0.1) is 19.6 Å². The second-order valence-electron chi connectivity index (χ2n) is 7.35. The maximum Gasteiger partial charge on any atom is 0.355 e. The van der Waals surface area contributed by atoms with Crippen LogP contribution in [-0.4, -0.2) is 33.2 Å². The average Bonchev–Trinajstić information content (AvgIpc) is 2.76. The smallest absolute Gasteiger partial charge is 0.355 e. The van der Waals surface area contributed by atoms with Gasteiger partial charge in [0, 0.05) is 16.6 Å². The topological polar surface area (TPSA) is 133 Å². The van der Waals surface area contributed by atoms with Gasteiger partial charge in [-0.25, -0.2) is 14.2 Å². The van der Waals surface area contributed by atoms with Gasteiger partial charge in [-0.2, -0.15) is 4.98 Å². The number of aromatic nitrogens is 3. The van der Waals surface area contributed by atoms with Crippen molar-refractivity contribution in [2.24, 2.45) is 16.5 Å². The fraction of sp³-hybridized carbons (Fsp3) is 0.273. The number of aryl methyl sites for hydroxylation is 1. The lowest BCUT2D eigenvalue weighted by Crippen LogP contribution is -2.43. The number of hydrogen-bond donors (Lipinski definition) is 3. The summed E-state index contributed by atoms with van der Waals surface area (Å²) in [5.74, 6) is 0.0875. The fourth-order valence-electron chi connectivity index (χ4n) is 3.24. The van der Waals surface area contributed by atoms with E-state index in [9.17, 15) is 9.59 Å². The van der Waals surface area contributed by atoms with Gasteiger partial charge >= 0.3 is 11.4 Å². The van der Waals surface area contributed by atoms with Crippen LogP contribution >= 0.6 is 23.2 Å². The number of halogens is 2. The average molecular weight is 490 g/mol. The van der Waals surface area contributed by atoms with E-state index in [1.165, 1.54) is 10.1 Å². The van der Waals surface area contributed by atoms with E-state index in [0.29, 0.717) is 15.6 Å². The Bertz CT molecular complexity index is 1240. The molecule has 1 aromatic heterocycles. The third-order valence-electron chi connectivity index (χ3n) is 4.87. The molecule has 0 unspecified atom stereocenters. The molecule has 1 heterocycles. The Kier molecular flexibility index (Phi) is 8.13. The van der Waals surface area contributed by atoms with Gasteiger partial charge in [0.15, 0.2) is 5.96 Å². The highest BCUT2D eigenvalue weighted by molar-refractivity contribution is 6.34. The summed E-state index contributed by atoms with van der Waals surface area (Å²) < 4.78 is 2.45. The van der Waals surface area contributed by atoms with Gasteiger partial charge in [-0.15, -0.1) is 0 Å². The highest BCUT2D eigenvalue weighted by Gasteiger charge is 2.14. The van der Waals surface area contributed by atoms with Crippen LogP contribution < -0.4 is 28.2 Å². The monoisotopic (exact) mass is 489 g/mol. The summed E-state index contributed by atoms with van der Waals surface area (Å²) in [4.78, 5) is 34.1. The number of benzene rings is 2. The minimum Gasteiger partial charge on any atom is -0.370 e. The molecule has 0 radical (unpaired) electrons. The number of rotatable bonds is 9. The number of nitrogens with one attached hydrogen (secondary N) is 1. The molecule has 3 rings (SSSR count). The Hall–Kier alpha value is -3.30. The van der Waals surface area contributed by atoms with Crippen LogP contribution in [0.25, 0.3) is 0 Å². The molecule has 5 N–H and O–H groups in total. The Morgan fingerprint density at radius 1 is 0.970 bits per heavy atom. The van der Waals surface area contributed by atoms with Crippen LogP contribution in [0.5, 0.6) is 0 Å². The van der Waals surface area contributed by atoms with Gasteiger partial charge in [-0.05, 0) is 41.3 Å². The Morgan fingerprint density at radius 2 is 1.58 bits per heavy atom. The number of hydrogen-bond acceptors (Lipinski definition) is 5. The van der Waals surface area contributed by atoms with Gasteiger partial charge in [0.2, 0.25) is 5.95 Å². The normalized spacial score (nSPS) is 10.8. The van der Waals surface area contributed by atoms with Gasteiger partial charge < -0.3 is 16.8 Å². The predicted octanol–water partition coefficient (Wildman–Crippen LogP) is 2.06. The Labute approximate surface area is 200 Å². The van der Waals surface area contributed by atoms with E-state index < -0.39 is 11.4 Å². The SMILES string of the molecule is CCc1ccc(Cn2c(NCCN=C(N)N)nc(=O)n(Cc3cc(Cl)cc(Cl)c3)c2=O)cc1. The zero-order valence-corrected chi connectivity index (χ0v) is 19.6. The summed E-state index contributed by atoms with van der Waals surface area (Å²) in [6.07, 6.45) is 0.909. The van der Waals surface area contributed by atoms with E-state index in [2.05, 4.69) is 22.2 Å². The third kappa shape index (κ3) is 6.59. The number of nitrogens with two attached hydrogens (primary N) is 2. The molecule has 0 bridgehead atoms. The highest BCUT2D eigenvalue weighted by Crippen LogP contribution is 2.19. The van der Waals surface area contributed by atoms with Crippen LogP contribution in [0, 0.1) is 0 Å². The molecule has 9 nitrogen and oxygen atoms in total. The first-order chi connectivity index (χ1) is 15.8. The van der Waals surface area contributed by atoms with Gasteiger partial charge in [-0.1, -0.05) is 54.4 Å². The molecule has 11 heteroatoms. The first-order valence-corrected chi connectivity index (χ1v) is 11.1. The lowest BCUT2D eigenvalue weighted by atomic mass is 10.1. The van der Waals surface area contributed by atoms with E-state index in [1.807, 2.05) is 24.3 Å². The summed E-state index contributed by atoms with van der Waals surface area (Å²) >= 11 is 12.1. The Morgan fingerprint density at radius 3 is 2.18 bits per heavy atom. The van der Waals surface area contributed by atoms with Gasteiger partial charge in [0.25, 0.3) is 0 Å². The quantitative estimate of drug-likeness (QED) is 0.239. The third-order valence-corrected chi connectivity index (χ3v) is 5.31. The molecule has 0 aliphatic heterocycles. The van der Waals surface area contributed by atoms with Crippen molar-refractivity contribution >= 4 is 35.1 Å². The number of anilines is 1. The molecule has 0 saturated heterocycles. The molecule has 0 atom stereocenters. The van der Waals surface area contributed by atoms with Crippen LogP contribution in [0.4, 0.5) is 5.95 Å². The molecule has 0 saturated carbocycles. The second-order valence-corrected chi connectivity index (χ2v) is 8.23. The van der Waals surface area contributed by atoms with E-state index in [0.717, 1.165) is 16.6 Å². The van der Waals surface area contributed by atoms with Crippen molar-refractivity contribution in [1.82, 2.24) is 14.1 Å². The summed E-state index contributed by atoms with van der Waals surface area (Å²) in [6.45, 7) is 2.81. The van der Waals surface area contributed by atoms with Crippen LogP contribution in [-0.2, 0) is 19.5 Å². The van der Waals surface area contributed by atoms with Crippen molar-refractivity contribution in [3.05, 3.63) is 90.2 Å². The lowest BCUT2D eigenvalue weighted by Gasteiger charge is -2.16. The first kappa shape index (κ1) is 24.3. The molecule has 2 aromatic carbocycles. The van der Waals surface area contributed by atoms with Crippen molar-refractivity contribution in [2.75, 3.05) is 18.4 Å². The van der Waals surface area contributed by atoms with E-state index >= 15 is 0 Å². The molecule has 0 aliphatic rings. The van der Waals surface area contributed by atoms with E-state index in [1.54, 1.807) is 18.2 Å². The number of aliphatic imine (C=N–C) groups is 1. The molecule has 0 aliphatic carbocycles. The van der Waals surface area contributed by atoms with E-state index in [-0.39, 0.29) is 38.1 Å². The largest absolute Gasteiger partial charge is 0.370 e. The van der Waals surface area contributed by atoms with Crippen LogP contribution in [0.3, 0.4) is 0 Å². The summed E-state index contributed by atoms with van der Waals surface area (Å²) in [5.41, 5.74) is 12.2. The molecule has 33 heavy (non-hydrogen) atoms. The minimum atomic E-state index is -0.696. The zero-order chi connectivity index (χ0) is 24.0. The highest BCUT2D eigenvalue weighted by atomic mass is 35.5. The summed E-state index contributed by atoms with van der Waals surface area (Å²) in [7, 11) is 0. The van der Waals surface area contributed by atoms with Crippen LogP contribution in [0.15, 0.2) is 57.0 Å². The molecular weight excluding hydrogens is 465 g/mol. The van der Waals surface area contributed by atoms with Gasteiger partial charge in [0.1, 0.15) is 0 Å². The van der Waals surface area contributed by atoms with Crippen LogP contribution in [0.1, 0.15) is 23.6 Å². The maximum absolute atomic E-state index is 13.4. The van der Waals surface area contributed by atoms with E-state index in [4.69, 9.17) is 34.7 Å². The van der Waals surface area contributed by atoms with Crippen molar-refractivity contribution in [1.29, 1.82) is 0 Å². The predicted molar refractivity (Wildman–Crippen MR) is 132 cm³/mol. The summed E-state index contributed by atoms with van der Waals surface area (Å²) in [5, 5.41) is 3.80. The maximum atomic E-state index is 13.4. The molecule has 0 fully saturated rings. The molecule has 0 spiro atoms. The van der Waals surface area contributed by atoms with Crippen LogP contribution in [0.2, 0.25) is 10.0 Å². The lowest BCUT2D eigenvalue weighted by molar-refractivity contribution is 0.586. The standard InChI is InChI=1S/C22H25Cl2N7O2/c1-2-14-3-5-15(6-4-14)12-30-20(28-8-7-27-19(25)26)29-21(32)31(22(30)33)13-16-9-17(23)11-18(24)10-16/h3-6,9-11H,2,7-8,12-13H2,1H3,(H4,25,26,27)(H,28,29,32). The van der Waals surface area contributed by atoms with Crippen molar-refractivity contribution in [3.63, 3.8) is 0 Å². The fourth-order valence-corrected chi connectivity index (χ4v) is 3.81. The first-order valence-electron chi connectivity index (χ1n) is 10.3.